The maximum atomic E-state index is 12.5. The second kappa shape index (κ2) is 43.0. The summed E-state index contributed by atoms with van der Waals surface area (Å²) in [7, 11) is 0. The van der Waals surface area contributed by atoms with Crippen LogP contribution in [0.5, 0.6) is 0 Å². The van der Waals surface area contributed by atoms with E-state index in [1.165, 1.54) is 77.0 Å². The van der Waals surface area contributed by atoms with E-state index >= 15 is 0 Å². The number of hydrogen-bond donors (Lipinski definition) is 0. The molecule has 0 aliphatic heterocycles. The van der Waals surface area contributed by atoms with E-state index in [9.17, 15) is 9.59 Å². The van der Waals surface area contributed by atoms with Crippen molar-refractivity contribution < 1.29 is 23.8 Å². The summed E-state index contributed by atoms with van der Waals surface area (Å²) in [6.45, 7) is 7.58. The van der Waals surface area contributed by atoms with Gasteiger partial charge in [-0.25, -0.2) is 0 Å². The minimum Gasteiger partial charge on any atom is -0.462 e. The molecule has 1 atom stereocenters. The van der Waals surface area contributed by atoms with Gasteiger partial charge in [-0.2, -0.15) is 0 Å². The smallest absolute Gasteiger partial charge is 0.306 e. The van der Waals surface area contributed by atoms with Gasteiger partial charge in [0, 0.05) is 19.4 Å². The molecule has 0 spiro atoms. The van der Waals surface area contributed by atoms with Crippen LogP contribution in [-0.4, -0.2) is 37.9 Å². The highest BCUT2D eigenvalue weighted by molar-refractivity contribution is 5.70. The van der Waals surface area contributed by atoms with E-state index in [4.69, 9.17) is 14.2 Å². The fraction of sp³-hybridized carbons (Fsp3) is 0.745. The van der Waals surface area contributed by atoms with Crippen LogP contribution in [0.25, 0.3) is 0 Å². The average Bonchev–Trinajstić information content (AvgIpc) is 3.14. The van der Waals surface area contributed by atoms with E-state index in [2.05, 4.69) is 81.5 Å². The molecular weight excluding hydrogens is 645 g/mol. The maximum absolute atomic E-state index is 12.5. The molecule has 0 aromatic heterocycles. The Kier molecular flexibility index (Phi) is 41.0. The van der Waals surface area contributed by atoms with Gasteiger partial charge in [0.05, 0.1) is 6.61 Å². The number of allylic oxidation sites excluding steroid dienone is 10. The molecule has 5 heteroatoms. The molecule has 1 unspecified atom stereocenters. The first-order valence-electron chi connectivity index (χ1n) is 21.8. The molecular formula is C47H82O5. The van der Waals surface area contributed by atoms with Crippen molar-refractivity contribution in [1.29, 1.82) is 0 Å². The molecule has 0 aliphatic rings. The van der Waals surface area contributed by atoms with Crippen LogP contribution in [0.2, 0.25) is 0 Å². The second-order valence-electron chi connectivity index (χ2n) is 14.2. The van der Waals surface area contributed by atoms with E-state index < -0.39 is 6.10 Å². The molecule has 0 aromatic carbocycles. The molecule has 52 heavy (non-hydrogen) atoms. The number of carbonyl (C=O) groups excluding carboxylic acids is 2. The summed E-state index contributed by atoms with van der Waals surface area (Å²) in [6, 6.07) is 0. The Hall–Kier alpha value is -2.40. The monoisotopic (exact) mass is 727 g/mol. The van der Waals surface area contributed by atoms with Crippen LogP contribution in [0, 0.1) is 0 Å². The predicted molar refractivity (Wildman–Crippen MR) is 224 cm³/mol. The van der Waals surface area contributed by atoms with E-state index in [0.717, 1.165) is 89.9 Å². The number of ether oxygens (including phenoxy) is 3. The summed E-state index contributed by atoms with van der Waals surface area (Å²) in [5, 5.41) is 0. The zero-order valence-electron chi connectivity index (χ0n) is 34.3. The van der Waals surface area contributed by atoms with Gasteiger partial charge in [-0.05, 0) is 83.5 Å². The van der Waals surface area contributed by atoms with Crippen molar-refractivity contribution in [2.75, 3.05) is 19.8 Å². The van der Waals surface area contributed by atoms with Crippen molar-refractivity contribution in [2.24, 2.45) is 0 Å². The van der Waals surface area contributed by atoms with Gasteiger partial charge < -0.3 is 14.2 Å². The Morgan fingerprint density at radius 3 is 1.42 bits per heavy atom. The van der Waals surface area contributed by atoms with Crippen LogP contribution >= 0.6 is 0 Å². The molecule has 0 aliphatic carbocycles. The fourth-order valence-corrected chi connectivity index (χ4v) is 5.79. The van der Waals surface area contributed by atoms with Crippen molar-refractivity contribution in [3.63, 3.8) is 0 Å². The summed E-state index contributed by atoms with van der Waals surface area (Å²) in [4.78, 5) is 25.0. The Morgan fingerprint density at radius 1 is 0.442 bits per heavy atom. The van der Waals surface area contributed by atoms with E-state index in [1.54, 1.807) is 0 Å². The fourth-order valence-electron chi connectivity index (χ4n) is 5.79. The number of hydrogen-bond acceptors (Lipinski definition) is 5. The summed E-state index contributed by atoms with van der Waals surface area (Å²) >= 11 is 0. The summed E-state index contributed by atoms with van der Waals surface area (Å²) in [5.74, 6) is -0.442. The van der Waals surface area contributed by atoms with Gasteiger partial charge >= 0.3 is 11.9 Å². The van der Waals surface area contributed by atoms with Gasteiger partial charge in [0.1, 0.15) is 6.61 Å². The lowest BCUT2D eigenvalue weighted by Gasteiger charge is -2.18. The van der Waals surface area contributed by atoms with Gasteiger partial charge in [-0.3, -0.25) is 9.59 Å². The highest BCUT2D eigenvalue weighted by Crippen LogP contribution is 2.12. The summed E-state index contributed by atoms with van der Waals surface area (Å²) in [6.07, 6.45) is 52.4. The Labute approximate surface area is 322 Å². The maximum Gasteiger partial charge on any atom is 0.306 e. The lowest BCUT2D eigenvalue weighted by atomic mass is 10.1. The summed E-state index contributed by atoms with van der Waals surface area (Å²) in [5.41, 5.74) is 0. The second-order valence-corrected chi connectivity index (χ2v) is 14.2. The topological polar surface area (TPSA) is 61.8 Å². The van der Waals surface area contributed by atoms with Crippen molar-refractivity contribution in [3.05, 3.63) is 60.8 Å². The van der Waals surface area contributed by atoms with E-state index in [1.807, 2.05) is 0 Å². The molecule has 0 saturated heterocycles. The largest absolute Gasteiger partial charge is 0.462 e. The SMILES string of the molecule is CC/C=C\C/C=C\C/C=C\C/C=C\CCCCCCC(=O)OCC(COCCCCCCCC/C=C\CCCCCC)OC(=O)CCCCCCC. The minimum absolute atomic E-state index is 0.0689. The number of esters is 2. The molecule has 0 heterocycles. The predicted octanol–water partition coefficient (Wildman–Crippen LogP) is 14.2. The van der Waals surface area contributed by atoms with E-state index in [-0.39, 0.29) is 25.2 Å². The van der Waals surface area contributed by atoms with Gasteiger partial charge in [0.25, 0.3) is 0 Å². The number of carbonyl (C=O) groups is 2. The normalized spacial score (nSPS) is 12.8. The lowest BCUT2D eigenvalue weighted by Crippen LogP contribution is -2.30. The molecule has 0 amide bonds. The van der Waals surface area contributed by atoms with Crippen molar-refractivity contribution >= 4 is 11.9 Å². The average molecular weight is 727 g/mol. The third-order valence-electron chi connectivity index (χ3n) is 9.04. The zero-order valence-corrected chi connectivity index (χ0v) is 34.3. The Morgan fingerprint density at radius 2 is 0.865 bits per heavy atom. The van der Waals surface area contributed by atoms with E-state index in [0.29, 0.717) is 19.4 Å². The van der Waals surface area contributed by atoms with Crippen LogP contribution in [0.4, 0.5) is 0 Å². The molecule has 0 N–H and O–H groups in total. The highest BCUT2D eigenvalue weighted by Gasteiger charge is 2.17. The van der Waals surface area contributed by atoms with Gasteiger partial charge in [-0.1, -0.05) is 165 Å². The standard InChI is InChI=1S/C47H82O5/c1-4-7-10-13-15-17-19-21-23-24-25-26-28-30-32-35-37-40-46(48)51-44-45(52-47(49)41-38-34-12-9-6-3)43-50-42-39-36-33-31-29-27-22-20-18-16-14-11-8-5-2/h7,10,15,17-18,20-21,23,25-26,45H,4-6,8-9,11-14,16,19,22,24,27-44H2,1-3H3/b10-7-,17-15-,20-18-,23-21-,26-25-. The van der Waals surface area contributed by atoms with Crippen LogP contribution in [0.1, 0.15) is 201 Å². The molecule has 300 valence electrons. The molecule has 0 rings (SSSR count). The third kappa shape index (κ3) is 40.4. The number of unbranched alkanes of at least 4 members (excludes halogenated alkanes) is 18. The van der Waals surface area contributed by atoms with Gasteiger partial charge in [0.15, 0.2) is 6.10 Å². The van der Waals surface area contributed by atoms with Crippen LogP contribution in [-0.2, 0) is 23.8 Å². The van der Waals surface area contributed by atoms with Gasteiger partial charge in [-0.15, -0.1) is 0 Å². The molecule has 0 fully saturated rings. The molecule has 0 saturated carbocycles. The number of rotatable bonds is 39. The zero-order chi connectivity index (χ0) is 37.8. The highest BCUT2D eigenvalue weighted by atomic mass is 16.6. The third-order valence-corrected chi connectivity index (χ3v) is 9.04. The quantitative estimate of drug-likeness (QED) is 0.0358. The Balaban J connectivity index is 4.13. The van der Waals surface area contributed by atoms with Crippen molar-refractivity contribution in [2.45, 2.75) is 207 Å². The molecule has 0 aromatic rings. The Bertz CT molecular complexity index is 915. The first-order chi connectivity index (χ1) is 25.6. The minimum atomic E-state index is -0.544. The van der Waals surface area contributed by atoms with Crippen LogP contribution in [0.3, 0.4) is 0 Å². The first kappa shape index (κ1) is 49.6. The molecule has 0 radical (unpaired) electrons. The van der Waals surface area contributed by atoms with Gasteiger partial charge in [0.2, 0.25) is 0 Å². The molecule has 5 nitrogen and oxygen atoms in total. The van der Waals surface area contributed by atoms with Crippen LogP contribution < -0.4 is 0 Å². The van der Waals surface area contributed by atoms with Crippen LogP contribution in [0.15, 0.2) is 60.8 Å². The van der Waals surface area contributed by atoms with Crippen molar-refractivity contribution in [3.8, 4) is 0 Å². The van der Waals surface area contributed by atoms with Crippen molar-refractivity contribution in [1.82, 2.24) is 0 Å². The lowest BCUT2D eigenvalue weighted by molar-refractivity contribution is -0.163. The first-order valence-corrected chi connectivity index (χ1v) is 21.8. The molecule has 0 bridgehead atoms. The summed E-state index contributed by atoms with van der Waals surface area (Å²) < 4.78 is 17.2.